The van der Waals surface area contributed by atoms with Gasteiger partial charge >= 0.3 is 0 Å². The third kappa shape index (κ3) is 3.14. The Bertz CT molecular complexity index is 862. The molecule has 0 N–H and O–H groups in total. The normalized spacial score (nSPS) is 18.7. The van der Waals surface area contributed by atoms with Gasteiger partial charge in [-0.05, 0) is 50.2 Å². The molecule has 2 aromatic rings. The Balaban J connectivity index is 1.66. The molecule has 2 aliphatic heterocycles. The number of rotatable bonds is 3. The van der Waals surface area contributed by atoms with Crippen LogP contribution in [0.15, 0.2) is 46.9 Å². The molecule has 0 unspecified atom stereocenters. The number of ether oxygens (including phenoxy) is 1. The van der Waals surface area contributed by atoms with E-state index in [-0.39, 0.29) is 11.5 Å². The summed E-state index contributed by atoms with van der Waals surface area (Å²) in [7, 11) is 0. The highest BCUT2D eigenvalue weighted by atomic mass is 79.9. The molecular weight excluding hydrogens is 396 g/mol. The molecule has 136 valence electrons. The minimum Gasteiger partial charge on any atom is -0.550 e. The van der Waals surface area contributed by atoms with E-state index in [1.807, 2.05) is 24.3 Å². The van der Waals surface area contributed by atoms with Crippen LogP contribution in [0.5, 0.6) is 5.75 Å². The summed E-state index contributed by atoms with van der Waals surface area (Å²) in [6.07, 6.45) is 0. The first-order valence-electron chi connectivity index (χ1n) is 8.64. The van der Waals surface area contributed by atoms with Crippen LogP contribution >= 0.6 is 15.9 Å². The minimum absolute atomic E-state index is 0.319. The topological polar surface area (TPSA) is 55.8 Å². The number of fused-ring (bicyclic) bond motifs is 1. The maximum absolute atomic E-state index is 10.9. The van der Waals surface area contributed by atoms with Crippen LogP contribution in [-0.4, -0.2) is 31.2 Å². The standard InChI is InChI=1S/C20H21BrN2O3/c1-20(2)12-23(17-7-6-14(21)8-18(17)26-20)16-5-3-4-15(9-16)22-10-13(11-22)19(24)25/h3-9,13H,10-12H2,1-2H3,(H,24,25)/p-1. The average molecular weight is 416 g/mol. The van der Waals surface area contributed by atoms with Crippen LogP contribution in [0.1, 0.15) is 13.8 Å². The molecule has 2 heterocycles. The summed E-state index contributed by atoms with van der Waals surface area (Å²) in [5, 5.41) is 10.9. The number of halogens is 1. The van der Waals surface area contributed by atoms with E-state index in [1.54, 1.807) is 0 Å². The van der Waals surface area contributed by atoms with Gasteiger partial charge in [0.05, 0.1) is 12.2 Å². The number of carbonyl (C=O) groups excluding carboxylic acids is 1. The van der Waals surface area contributed by atoms with Crippen molar-refractivity contribution in [2.24, 2.45) is 5.92 Å². The summed E-state index contributed by atoms with van der Waals surface area (Å²) >= 11 is 3.51. The highest BCUT2D eigenvalue weighted by Gasteiger charge is 2.33. The van der Waals surface area contributed by atoms with E-state index in [0.717, 1.165) is 33.8 Å². The van der Waals surface area contributed by atoms with E-state index >= 15 is 0 Å². The lowest BCUT2D eigenvalue weighted by Crippen LogP contribution is -2.54. The molecule has 5 nitrogen and oxygen atoms in total. The van der Waals surface area contributed by atoms with Gasteiger partial charge in [0.15, 0.2) is 0 Å². The SMILES string of the molecule is CC1(C)CN(c2cccc(N3CC(C(=O)[O-])C3)c2)c2ccc(Br)cc2O1. The Morgan fingerprint density at radius 1 is 1.19 bits per heavy atom. The van der Waals surface area contributed by atoms with Gasteiger partial charge in [0.1, 0.15) is 11.4 Å². The van der Waals surface area contributed by atoms with Crippen molar-refractivity contribution in [2.75, 3.05) is 29.4 Å². The van der Waals surface area contributed by atoms with Crippen LogP contribution < -0.4 is 19.6 Å². The molecule has 2 aliphatic rings. The van der Waals surface area contributed by atoms with Gasteiger partial charge in [0, 0.05) is 40.8 Å². The molecule has 0 radical (unpaired) electrons. The molecule has 0 saturated carbocycles. The van der Waals surface area contributed by atoms with Gasteiger partial charge in [-0.25, -0.2) is 0 Å². The van der Waals surface area contributed by atoms with E-state index in [4.69, 9.17) is 4.74 Å². The van der Waals surface area contributed by atoms with Crippen LogP contribution in [0.4, 0.5) is 17.1 Å². The van der Waals surface area contributed by atoms with Crippen molar-refractivity contribution in [1.82, 2.24) is 0 Å². The van der Waals surface area contributed by atoms with Crippen molar-refractivity contribution >= 4 is 39.0 Å². The van der Waals surface area contributed by atoms with Crippen molar-refractivity contribution in [1.29, 1.82) is 0 Å². The van der Waals surface area contributed by atoms with E-state index < -0.39 is 5.97 Å². The average Bonchev–Trinajstić information content (AvgIpc) is 2.51. The number of anilines is 3. The zero-order valence-electron chi connectivity index (χ0n) is 14.7. The summed E-state index contributed by atoms with van der Waals surface area (Å²) in [5.74, 6) is -0.493. The number of carboxylic acids is 1. The highest BCUT2D eigenvalue weighted by molar-refractivity contribution is 9.10. The Morgan fingerprint density at radius 2 is 1.92 bits per heavy atom. The summed E-state index contributed by atoms with van der Waals surface area (Å²) in [6.45, 7) is 5.89. The first-order chi connectivity index (χ1) is 12.3. The number of carbonyl (C=O) groups is 1. The molecule has 1 saturated heterocycles. The van der Waals surface area contributed by atoms with E-state index in [0.29, 0.717) is 13.1 Å². The third-order valence-electron chi connectivity index (χ3n) is 4.86. The van der Waals surface area contributed by atoms with Crippen molar-refractivity contribution in [2.45, 2.75) is 19.4 Å². The molecule has 0 atom stereocenters. The Kier molecular flexibility index (Phi) is 4.10. The van der Waals surface area contributed by atoms with E-state index in [1.165, 1.54) is 0 Å². The van der Waals surface area contributed by atoms with Gasteiger partial charge < -0.3 is 24.4 Å². The molecule has 6 heteroatoms. The van der Waals surface area contributed by atoms with Crippen LogP contribution in [0.3, 0.4) is 0 Å². The highest BCUT2D eigenvalue weighted by Crippen LogP contribution is 2.43. The third-order valence-corrected chi connectivity index (χ3v) is 5.35. The predicted molar refractivity (Wildman–Crippen MR) is 103 cm³/mol. The quantitative estimate of drug-likeness (QED) is 0.770. The van der Waals surface area contributed by atoms with Crippen LogP contribution in [-0.2, 0) is 4.79 Å². The molecular formula is C20H20BrN2O3-. The fourth-order valence-corrected chi connectivity index (χ4v) is 3.86. The second-order valence-corrected chi connectivity index (χ2v) is 8.42. The number of nitrogens with zero attached hydrogens (tertiary/aromatic N) is 2. The van der Waals surface area contributed by atoms with Gasteiger partial charge in [-0.1, -0.05) is 22.0 Å². The van der Waals surface area contributed by atoms with Crippen molar-refractivity contribution in [3.63, 3.8) is 0 Å². The second-order valence-electron chi connectivity index (χ2n) is 7.50. The maximum atomic E-state index is 10.9. The predicted octanol–water partition coefficient (Wildman–Crippen LogP) is 2.94. The number of aliphatic carboxylic acids is 1. The fourth-order valence-electron chi connectivity index (χ4n) is 3.52. The fraction of sp³-hybridized carbons (Fsp3) is 0.350. The zero-order chi connectivity index (χ0) is 18.5. The van der Waals surface area contributed by atoms with Gasteiger partial charge in [-0.3, -0.25) is 0 Å². The first kappa shape index (κ1) is 17.2. The summed E-state index contributed by atoms with van der Waals surface area (Å²) in [4.78, 5) is 15.3. The smallest absolute Gasteiger partial charge is 0.144 e. The van der Waals surface area contributed by atoms with E-state index in [9.17, 15) is 9.90 Å². The van der Waals surface area contributed by atoms with Crippen molar-refractivity contribution in [3.05, 3.63) is 46.9 Å². The van der Waals surface area contributed by atoms with Crippen LogP contribution in [0, 0.1) is 5.92 Å². The van der Waals surface area contributed by atoms with E-state index in [2.05, 4.69) is 57.8 Å². The van der Waals surface area contributed by atoms with Crippen LogP contribution in [0.25, 0.3) is 0 Å². The molecule has 0 amide bonds. The lowest BCUT2D eigenvalue weighted by Gasteiger charge is -2.43. The Hall–Kier alpha value is -2.21. The minimum atomic E-state index is -0.966. The van der Waals surface area contributed by atoms with Crippen molar-refractivity contribution < 1.29 is 14.6 Å². The molecule has 0 aromatic heterocycles. The van der Waals surface area contributed by atoms with Gasteiger partial charge in [0.2, 0.25) is 0 Å². The Labute approximate surface area is 161 Å². The monoisotopic (exact) mass is 415 g/mol. The number of carboxylic acid groups (broad SMARTS) is 1. The first-order valence-corrected chi connectivity index (χ1v) is 9.44. The molecule has 1 fully saturated rings. The van der Waals surface area contributed by atoms with Crippen molar-refractivity contribution in [3.8, 4) is 5.75 Å². The van der Waals surface area contributed by atoms with Gasteiger partial charge in [-0.2, -0.15) is 0 Å². The summed E-state index contributed by atoms with van der Waals surface area (Å²) in [5.41, 5.74) is 2.81. The summed E-state index contributed by atoms with van der Waals surface area (Å²) in [6, 6.07) is 14.3. The zero-order valence-corrected chi connectivity index (χ0v) is 16.3. The molecule has 26 heavy (non-hydrogen) atoms. The molecule has 2 aromatic carbocycles. The molecule has 0 aliphatic carbocycles. The van der Waals surface area contributed by atoms with Gasteiger partial charge in [-0.15, -0.1) is 0 Å². The largest absolute Gasteiger partial charge is 0.550 e. The van der Waals surface area contributed by atoms with Gasteiger partial charge in [0.25, 0.3) is 0 Å². The second kappa shape index (κ2) is 6.20. The maximum Gasteiger partial charge on any atom is 0.144 e. The molecule has 0 bridgehead atoms. The van der Waals surface area contributed by atoms with Crippen LogP contribution in [0.2, 0.25) is 0 Å². The number of hydrogen-bond donors (Lipinski definition) is 0. The Morgan fingerprint density at radius 3 is 2.65 bits per heavy atom. The lowest BCUT2D eigenvalue weighted by molar-refractivity contribution is -0.312. The number of hydrogen-bond acceptors (Lipinski definition) is 5. The summed E-state index contributed by atoms with van der Waals surface area (Å²) < 4.78 is 7.13. The number of benzene rings is 2. The molecule has 4 rings (SSSR count). The lowest BCUT2D eigenvalue weighted by atomic mass is 9.99. The molecule has 0 spiro atoms.